The van der Waals surface area contributed by atoms with Crippen molar-refractivity contribution in [3.63, 3.8) is 0 Å². The molecule has 3 heterocycles. The Labute approximate surface area is 135 Å². The maximum Gasteiger partial charge on any atom is 0.225 e. The number of piperidine rings is 1. The zero-order valence-corrected chi connectivity index (χ0v) is 13.6. The summed E-state index contributed by atoms with van der Waals surface area (Å²) in [5, 5.41) is 5.27. The van der Waals surface area contributed by atoms with E-state index in [0.29, 0.717) is 5.91 Å². The smallest absolute Gasteiger partial charge is 0.225 e. The zero-order chi connectivity index (χ0) is 16.0. The first-order valence-corrected chi connectivity index (χ1v) is 8.29. The number of hydrogen-bond acceptors (Lipinski definition) is 5. The number of anilines is 1. The number of fused-ring (bicyclic) bond motifs is 1. The van der Waals surface area contributed by atoms with Gasteiger partial charge in [0.2, 0.25) is 5.91 Å². The summed E-state index contributed by atoms with van der Waals surface area (Å²) in [6.45, 7) is 1.79. The van der Waals surface area contributed by atoms with Crippen molar-refractivity contribution >= 4 is 22.8 Å². The highest BCUT2D eigenvalue weighted by molar-refractivity contribution is 5.86. The molecular formula is C16H22N6O. The Morgan fingerprint density at radius 1 is 1.30 bits per heavy atom. The van der Waals surface area contributed by atoms with Crippen LogP contribution >= 0.6 is 0 Å². The summed E-state index contributed by atoms with van der Waals surface area (Å²) >= 11 is 0. The Kier molecular flexibility index (Phi) is 3.43. The van der Waals surface area contributed by atoms with E-state index < -0.39 is 0 Å². The number of hydrogen-bond donors (Lipinski definition) is 0. The van der Waals surface area contributed by atoms with Crippen molar-refractivity contribution in [3.05, 3.63) is 12.5 Å². The number of amides is 1. The van der Waals surface area contributed by atoms with Crippen molar-refractivity contribution in [3.8, 4) is 0 Å². The zero-order valence-electron chi connectivity index (χ0n) is 13.6. The van der Waals surface area contributed by atoms with Crippen molar-refractivity contribution in [2.75, 3.05) is 25.0 Å². The fourth-order valence-electron chi connectivity index (χ4n) is 3.46. The van der Waals surface area contributed by atoms with Crippen LogP contribution < -0.4 is 4.90 Å². The van der Waals surface area contributed by atoms with Gasteiger partial charge in [0.15, 0.2) is 5.65 Å². The molecule has 7 heteroatoms. The average Bonchev–Trinajstić information content (AvgIpc) is 3.37. The van der Waals surface area contributed by atoms with E-state index in [4.69, 9.17) is 0 Å². The van der Waals surface area contributed by atoms with Crippen LogP contribution in [0.4, 0.5) is 5.82 Å². The molecular weight excluding hydrogens is 292 g/mol. The van der Waals surface area contributed by atoms with Gasteiger partial charge in [0.25, 0.3) is 0 Å². The highest BCUT2D eigenvalue weighted by Gasteiger charge is 2.36. The molecule has 0 aromatic carbocycles. The molecule has 1 saturated carbocycles. The van der Waals surface area contributed by atoms with Gasteiger partial charge < -0.3 is 9.80 Å². The van der Waals surface area contributed by atoms with Crippen LogP contribution in [-0.2, 0) is 11.8 Å². The van der Waals surface area contributed by atoms with E-state index in [-0.39, 0.29) is 12.0 Å². The Balaban J connectivity index is 1.57. The predicted molar refractivity (Wildman–Crippen MR) is 87.0 cm³/mol. The fraction of sp³-hybridized carbons (Fsp3) is 0.625. The Morgan fingerprint density at radius 3 is 2.91 bits per heavy atom. The summed E-state index contributed by atoms with van der Waals surface area (Å²) in [4.78, 5) is 25.4. The number of nitrogens with zero attached hydrogens (tertiary/aromatic N) is 6. The predicted octanol–water partition coefficient (Wildman–Crippen LogP) is 1.20. The first kappa shape index (κ1) is 14.4. The van der Waals surface area contributed by atoms with Crippen molar-refractivity contribution in [2.45, 2.75) is 31.7 Å². The second-order valence-electron chi connectivity index (χ2n) is 6.67. The van der Waals surface area contributed by atoms with E-state index in [1.54, 1.807) is 11.0 Å². The second-order valence-corrected chi connectivity index (χ2v) is 6.67. The lowest BCUT2D eigenvalue weighted by molar-refractivity contribution is -0.133. The molecule has 1 atom stereocenters. The summed E-state index contributed by atoms with van der Waals surface area (Å²) in [5.41, 5.74) is 0.847. The first-order chi connectivity index (χ1) is 11.1. The number of carbonyl (C=O) groups is 1. The minimum Gasteiger partial charge on any atom is -0.354 e. The van der Waals surface area contributed by atoms with Crippen molar-refractivity contribution < 1.29 is 4.79 Å². The van der Waals surface area contributed by atoms with Crippen LogP contribution in [0.15, 0.2) is 12.5 Å². The third-order valence-corrected chi connectivity index (χ3v) is 5.03. The summed E-state index contributed by atoms with van der Waals surface area (Å²) in [5.74, 6) is 1.52. The highest BCUT2D eigenvalue weighted by Crippen LogP contribution is 2.32. The van der Waals surface area contributed by atoms with Crippen LogP contribution in [0.5, 0.6) is 0 Å². The Bertz CT molecular complexity index is 737. The summed E-state index contributed by atoms with van der Waals surface area (Å²) < 4.78 is 1.77. The van der Waals surface area contributed by atoms with Gasteiger partial charge in [0, 0.05) is 39.1 Å². The molecule has 1 aliphatic carbocycles. The van der Waals surface area contributed by atoms with Gasteiger partial charge in [0.05, 0.1) is 11.6 Å². The summed E-state index contributed by atoms with van der Waals surface area (Å²) in [7, 11) is 3.84. The van der Waals surface area contributed by atoms with Crippen LogP contribution in [-0.4, -0.2) is 56.7 Å². The minimum atomic E-state index is 0.263. The van der Waals surface area contributed by atoms with Gasteiger partial charge in [-0.15, -0.1) is 0 Å². The normalized spacial score (nSPS) is 21.7. The molecule has 2 fully saturated rings. The van der Waals surface area contributed by atoms with E-state index in [9.17, 15) is 4.79 Å². The van der Waals surface area contributed by atoms with Crippen molar-refractivity contribution in [1.82, 2.24) is 24.6 Å². The SMILES string of the molecule is CN(C(=O)C1CC1)C1CCCN(c2ncnc3c2cnn3C)C1. The van der Waals surface area contributed by atoms with Gasteiger partial charge in [-0.05, 0) is 25.7 Å². The lowest BCUT2D eigenvalue weighted by atomic mass is 10.0. The molecule has 0 radical (unpaired) electrons. The molecule has 2 aromatic rings. The average molecular weight is 314 g/mol. The molecule has 1 saturated heterocycles. The van der Waals surface area contributed by atoms with E-state index in [1.165, 1.54) is 0 Å². The van der Waals surface area contributed by atoms with Gasteiger partial charge in [-0.1, -0.05) is 0 Å². The fourth-order valence-corrected chi connectivity index (χ4v) is 3.46. The lowest BCUT2D eigenvalue weighted by Crippen LogP contribution is -2.49. The van der Waals surface area contributed by atoms with Gasteiger partial charge in [0.1, 0.15) is 12.1 Å². The molecule has 2 aromatic heterocycles. The third-order valence-electron chi connectivity index (χ3n) is 5.03. The van der Waals surface area contributed by atoms with Crippen LogP contribution in [0.3, 0.4) is 0 Å². The number of aromatic nitrogens is 4. The summed E-state index contributed by atoms with van der Waals surface area (Å²) in [6, 6.07) is 0.263. The first-order valence-electron chi connectivity index (χ1n) is 8.29. The molecule has 1 amide bonds. The van der Waals surface area contributed by atoms with Gasteiger partial charge in [-0.2, -0.15) is 5.10 Å². The molecule has 122 valence electrons. The molecule has 2 aliphatic rings. The monoisotopic (exact) mass is 314 g/mol. The molecule has 23 heavy (non-hydrogen) atoms. The number of likely N-dealkylation sites (N-methyl/N-ethyl adjacent to an activating group) is 1. The molecule has 4 rings (SSSR count). The van der Waals surface area contributed by atoms with Crippen LogP contribution in [0.2, 0.25) is 0 Å². The van der Waals surface area contributed by atoms with Crippen LogP contribution in [0.25, 0.3) is 11.0 Å². The summed E-state index contributed by atoms with van der Waals surface area (Å²) in [6.07, 6.45) is 7.67. The van der Waals surface area contributed by atoms with Gasteiger partial charge in [-0.3, -0.25) is 9.48 Å². The quantitative estimate of drug-likeness (QED) is 0.851. The maximum absolute atomic E-state index is 12.3. The van der Waals surface area contributed by atoms with E-state index >= 15 is 0 Å². The molecule has 1 unspecified atom stereocenters. The topological polar surface area (TPSA) is 67.2 Å². The highest BCUT2D eigenvalue weighted by atomic mass is 16.2. The van der Waals surface area contributed by atoms with E-state index in [0.717, 1.165) is 55.6 Å². The van der Waals surface area contributed by atoms with Crippen molar-refractivity contribution in [1.29, 1.82) is 0 Å². The van der Waals surface area contributed by atoms with Gasteiger partial charge in [-0.25, -0.2) is 9.97 Å². The second kappa shape index (κ2) is 5.47. The molecule has 1 aliphatic heterocycles. The molecule has 0 spiro atoms. The van der Waals surface area contributed by atoms with Crippen LogP contribution in [0, 0.1) is 5.92 Å². The largest absolute Gasteiger partial charge is 0.354 e. The number of rotatable bonds is 3. The van der Waals surface area contributed by atoms with Gasteiger partial charge >= 0.3 is 0 Å². The standard InChI is InChI=1S/C16H22N6O/c1-20(16(23)11-5-6-11)12-4-3-7-22(9-12)15-13-8-19-21(2)14(13)17-10-18-15/h8,10-12H,3-7,9H2,1-2H3. The minimum absolute atomic E-state index is 0.263. The van der Waals surface area contributed by atoms with Crippen molar-refractivity contribution in [2.24, 2.45) is 13.0 Å². The molecule has 7 nitrogen and oxygen atoms in total. The Morgan fingerprint density at radius 2 is 2.13 bits per heavy atom. The maximum atomic E-state index is 12.3. The van der Waals surface area contributed by atoms with Crippen LogP contribution in [0.1, 0.15) is 25.7 Å². The molecule has 0 bridgehead atoms. The third kappa shape index (κ3) is 2.54. The van der Waals surface area contributed by atoms with E-state index in [2.05, 4.69) is 20.0 Å². The number of carbonyl (C=O) groups excluding carboxylic acids is 1. The molecule has 0 N–H and O–H groups in total. The van der Waals surface area contributed by atoms with E-state index in [1.807, 2.05) is 25.2 Å². The number of aryl methyl sites for hydroxylation is 1. The lowest BCUT2D eigenvalue weighted by Gasteiger charge is -2.38. The Hall–Kier alpha value is -2.18.